The Labute approximate surface area is 80.4 Å². The average molecular weight is 194 g/mol. The van der Waals surface area contributed by atoms with Crippen molar-refractivity contribution in [2.75, 3.05) is 0 Å². The number of hydrogen-bond donors (Lipinski definition) is 1. The molecule has 1 N–H and O–H groups in total. The molecule has 0 saturated heterocycles. The number of aliphatic hydroxyl groups is 1. The van der Waals surface area contributed by atoms with Gasteiger partial charge in [-0.15, -0.1) is 0 Å². The fourth-order valence-corrected chi connectivity index (χ4v) is 1.90. The Morgan fingerprint density at radius 2 is 2.38 bits per heavy atom. The molecule has 0 spiro atoms. The molecule has 13 heavy (non-hydrogen) atoms. The Morgan fingerprint density at radius 1 is 1.46 bits per heavy atom. The fourth-order valence-electron chi connectivity index (χ4n) is 1.21. The van der Waals surface area contributed by atoms with E-state index < -0.39 is 6.10 Å². The Bertz CT molecular complexity index is 337. The van der Waals surface area contributed by atoms with Gasteiger partial charge in [0.05, 0.1) is 18.6 Å². The number of thiophene rings is 1. The minimum Gasteiger partial charge on any atom is -0.472 e. The van der Waals surface area contributed by atoms with Crippen molar-refractivity contribution in [2.24, 2.45) is 0 Å². The zero-order valence-corrected chi connectivity index (χ0v) is 7.83. The molecule has 2 heterocycles. The molecule has 68 valence electrons. The minimum atomic E-state index is -0.451. The molecule has 0 aliphatic heterocycles. The lowest BCUT2D eigenvalue weighted by molar-refractivity contribution is 0.177. The van der Waals surface area contributed by atoms with E-state index in [9.17, 15) is 5.11 Å². The molecular weight excluding hydrogens is 184 g/mol. The van der Waals surface area contributed by atoms with Crippen LogP contribution >= 0.6 is 11.3 Å². The molecule has 0 fully saturated rings. The van der Waals surface area contributed by atoms with Gasteiger partial charge < -0.3 is 9.52 Å². The highest BCUT2D eigenvalue weighted by Gasteiger charge is 2.09. The maximum absolute atomic E-state index is 9.73. The van der Waals surface area contributed by atoms with E-state index in [0.717, 1.165) is 5.56 Å². The molecular formula is C10H10O2S. The van der Waals surface area contributed by atoms with Crippen LogP contribution in [0, 0.1) is 0 Å². The average Bonchev–Trinajstić information content (AvgIpc) is 2.74. The van der Waals surface area contributed by atoms with Crippen molar-refractivity contribution in [2.45, 2.75) is 12.5 Å². The van der Waals surface area contributed by atoms with Gasteiger partial charge in [0.15, 0.2) is 0 Å². The van der Waals surface area contributed by atoms with Crippen LogP contribution in [0.15, 0.2) is 39.8 Å². The Kier molecular flexibility index (Phi) is 2.47. The molecule has 2 nitrogen and oxygen atoms in total. The molecule has 0 aliphatic carbocycles. The lowest BCUT2D eigenvalue weighted by Gasteiger charge is -2.05. The maximum Gasteiger partial charge on any atom is 0.0960 e. The molecule has 0 bridgehead atoms. The third kappa shape index (κ3) is 1.99. The standard InChI is InChI=1S/C10H10O2S/c11-10(9-1-3-12-6-9)5-8-2-4-13-7-8/h1-4,6-7,10-11H,5H2. The molecule has 2 aromatic rings. The Balaban J connectivity index is 2.04. The summed E-state index contributed by atoms with van der Waals surface area (Å²) in [5.74, 6) is 0. The van der Waals surface area contributed by atoms with E-state index >= 15 is 0 Å². The molecule has 0 saturated carbocycles. The number of aliphatic hydroxyl groups excluding tert-OH is 1. The van der Waals surface area contributed by atoms with E-state index in [0.29, 0.717) is 6.42 Å². The summed E-state index contributed by atoms with van der Waals surface area (Å²) < 4.78 is 4.90. The van der Waals surface area contributed by atoms with Crippen LogP contribution in [0.1, 0.15) is 17.2 Å². The maximum atomic E-state index is 9.73. The van der Waals surface area contributed by atoms with Gasteiger partial charge in [-0.3, -0.25) is 0 Å². The SMILES string of the molecule is OC(Cc1ccsc1)c1ccoc1. The number of furan rings is 1. The van der Waals surface area contributed by atoms with Crippen molar-refractivity contribution in [1.82, 2.24) is 0 Å². The largest absolute Gasteiger partial charge is 0.472 e. The molecule has 0 aromatic carbocycles. The molecule has 1 unspecified atom stereocenters. The van der Waals surface area contributed by atoms with E-state index in [4.69, 9.17) is 4.42 Å². The predicted octanol–water partition coefficient (Wildman–Crippen LogP) is 2.62. The molecule has 0 radical (unpaired) electrons. The van der Waals surface area contributed by atoms with Gasteiger partial charge in [-0.25, -0.2) is 0 Å². The van der Waals surface area contributed by atoms with E-state index in [2.05, 4.69) is 0 Å². The van der Waals surface area contributed by atoms with Gasteiger partial charge >= 0.3 is 0 Å². The van der Waals surface area contributed by atoms with Crippen LogP contribution in [-0.2, 0) is 6.42 Å². The van der Waals surface area contributed by atoms with Crippen LogP contribution in [0.2, 0.25) is 0 Å². The van der Waals surface area contributed by atoms with Crippen LogP contribution in [0.5, 0.6) is 0 Å². The van der Waals surface area contributed by atoms with Gasteiger partial charge in [-0.2, -0.15) is 11.3 Å². The topological polar surface area (TPSA) is 33.4 Å². The van der Waals surface area contributed by atoms with E-state index in [1.165, 1.54) is 5.56 Å². The third-order valence-electron chi connectivity index (χ3n) is 1.94. The third-order valence-corrected chi connectivity index (χ3v) is 2.67. The summed E-state index contributed by atoms with van der Waals surface area (Å²) >= 11 is 1.64. The van der Waals surface area contributed by atoms with Crippen LogP contribution < -0.4 is 0 Å². The molecule has 3 heteroatoms. The molecule has 2 rings (SSSR count). The first-order valence-electron chi connectivity index (χ1n) is 4.07. The van der Waals surface area contributed by atoms with Crippen molar-refractivity contribution in [3.8, 4) is 0 Å². The van der Waals surface area contributed by atoms with E-state index in [1.807, 2.05) is 16.8 Å². The Hall–Kier alpha value is -1.06. The van der Waals surface area contributed by atoms with Crippen molar-refractivity contribution >= 4 is 11.3 Å². The number of rotatable bonds is 3. The summed E-state index contributed by atoms with van der Waals surface area (Å²) in [4.78, 5) is 0. The summed E-state index contributed by atoms with van der Waals surface area (Å²) in [6.45, 7) is 0. The second-order valence-corrected chi connectivity index (χ2v) is 3.69. The van der Waals surface area contributed by atoms with Crippen LogP contribution in [0.3, 0.4) is 0 Å². The Morgan fingerprint density at radius 3 is 3.00 bits per heavy atom. The van der Waals surface area contributed by atoms with Gasteiger partial charge in [0.1, 0.15) is 0 Å². The van der Waals surface area contributed by atoms with E-state index in [-0.39, 0.29) is 0 Å². The summed E-state index contributed by atoms with van der Waals surface area (Å²) in [5.41, 5.74) is 2.00. The second-order valence-electron chi connectivity index (χ2n) is 2.91. The predicted molar refractivity (Wildman–Crippen MR) is 51.7 cm³/mol. The summed E-state index contributed by atoms with van der Waals surface area (Å²) in [7, 11) is 0. The second kappa shape index (κ2) is 3.77. The lowest BCUT2D eigenvalue weighted by Crippen LogP contribution is -1.98. The lowest BCUT2D eigenvalue weighted by atomic mass is 10.1. The van der Waals surface area contributed by atoms with Crippen molar-refractivity contribution in [1.29, 1.82) is 0 Å². The highest BCUT2D eigenvalue weighted by Crippen LogP contribution is 2.19. The first kappa shape index (κ1) is 8.53. The van der Waals surface area contributed by atoms with Crippen molar-refractivity contribution in [3.05, 3.63) is 46.5 Å². The van der Waals surface area contributed by atoms with Crippen LogP contribution in [-0.4, -0.2) is 5.11 Å². The number of hydrogen-bond acceptors (Lipinski definition) is 3. The van der Waals surface area contributed by atoms with Crippen molar-refractivity contribution in [3.63, 3.8) is 0 Å². The molecule has 1 atom stereocenters. The highest BCUT2D eigenvalue weighted by atomic mass is 32.1. The van der Waals surface area contributed by atoms with Gasteiger partial charge in [0.2, 0.25) is 0 Å². The molecule has 0 aliphatic rings. The van der Waals surface area contributed by atoms with Crippen molar-refractivity contribution < 1.29 is 9.52 Å². The smallest absolute Gasteiger partial charge is 0.0960 e. The highest BCUT2D eigenvalue weighted by molar-refractivity contribution is 7.07. The quantitative estimate of drug-likeness (QED) is 0.814. The monoisotopic (exact) mass is 194 g/mol. The van der Waals surface area contributed by atoms with Gasteiger partial charge in [-0.05, 0) is 28.5 Å². The minimum absolute atomic E-state index is 0.451. The summed E-state index contributed by atoms with van der Waals surface area (Å²) in [6, 6.07) is 3.81. The molecule has 2 aromatic heterocycles. The van der Waals surface area contributed by atoms with Gasteiger partial charge in [0.25, 0.3) is 0 Å². The normalized spacial score (nSPS) is 13.0. The van der Waals surface area contributed by atoms with Crippen LogP contribution in [0.25, 0.3) is 0 Å². The first-order valence-corrected chi connectivity index (χ1v) is 5.02. The van der Waals surface area contributed by atoms with Gasteiger partial charge in [0, 0.05) is 12.0 Å². The zero-order valence-electron chi connectivity index (χ0n) is 7.01. The first-order chi connectivity index (χ1) is 6.36. The van der Waals surface area contributed by atoms with Crippen LogP contribution in [0.4, 0.5) is 0 Å². The molecule has 0 amide bonds. The fraction of sp³-hybridized carbons (Fsp3) is 0.200. The summed E-state index contributed by atoms with van der Waals surface area (Å²) in [6.07, 6.45) is 3.36. The van der Waals surface area contributed by atoms with Gasteiger partial charge in [-0.1, -0.05) is 0 Å². The summed E-state index contributed by atoms with van der Waals surface area (Å²) in [5, 5.41) is 13.8. The van der Waals surface area contributed by atoms with E-state index in [1.54, 1.807) is 29.9 Å². The zero-order chi connectivity index (χ0) is 9.10.